The zero-order chi connectivity index (χ0) is 22.1. The van der Waals surface area contributed by atoms with Gasteiger partial charge < -0.3 is 15.5 Å². The van der Waals surface area contributed by atoms with Crippen LogP contribution in [0, 0.1) is 5.92 Å². The van der Waals surface area contributed by atoms with Crippen LogP contribution in [0.3, 0.4) is 0 Å². The lowest BCUT2D eigenvalue weighted by molar-refractivity contribution is -0.130. The molecule has 2 N–H and O–H groups in total. The quantitative estimate of drug-likeness (QED) is 0.519. The Balaban J connectivity index is 1.42. The minimum atomic E-state index is 0.184. The Labute approximate surface area is 188 Å². The van der Waals surface area contributed by atoms with Crippen LogP contribution in [0.15, 0.2) is 35.3 Å². The van der Waals surface area contributed by atoms with Crippen LogP contribution >= 0.6 is 0 Å². The van der Waals surface area contributed by atoms with Crippen molar-refractivity contribution in [2.24, 2.45) is 10.9 Å². The number of rotatable bonds is 7. The highest BCUT2D eigenvalue weighted by Crippen LogP contribution is 2.35. The van der Waals surface area contributed by atoms with Crippen LogP contribution in [-0.2, 0) is 4.79 Å². The number of hydrogen-bond acceptors (Lipinski definition) is 3. The maximum atomic E-state index is 11.9. The summed E-state index contributed by atoms with van der Waals surface area (Å²) in [5, 5.41) is 7.07. The molecule has 3 rings (SSSR count). The first-order valence-electron chi connectivity index (χ1n) is 12.1. The van der Waals surface area contributed by atoms with E-state index >= 15 is 0 Å². The Hall–Kier alpha value is -2.08. The van der Waals surface area contributed by atoms with E-state index in [0.29, 0.717) is 18.5 Å². The van der Waals surface area contributed by atoms with E-state index in [4.69, 9.17) is 4.99 Å². The van der Waals surface area contributed by atoms with Crippen molar-refractivity contribution in [1.82, 2.24) is 20.4 Å². The van der Waals surface area contributed by atoms with E-state index in [1.807, 2.05) is 14.1 Å². The summed E-state index contributed by atoms with van der Waals surface area (Å²) < 4.78 is 0. The molecular formula is C25H41N5O. The van der Waals surface area contributed by atoms with Crippen LogP contribution in [0.2, 0.25) is 0 Å². The van der Waals surface area contributed by atoms with Gasteiger partial charge in [-0.05, 0) is 62.8 Å². The average molecular weight is 428 g/mol. The fourth-order valence-electron chi connectivity index (χ4n) is 4.71. The van der Waals surface area contributed by atoms with Gasteiger partial charge in [0.05, 0.1) is 6.54 Å². The third-order valence-corrected chi connectivity index (χ3v) is 6.76. The molecule has 0 aromatic heterocycles. The molecule has 1 aromatic rings. The number of carbonyl (C=O) groups excluding carboxylic acids is 1. The monoisotopic (exact) mass is 427 g/mol. The molecule has 31 heavy (non-hydrogen) atoms. The number of nitrogens with one attached hydrogen (secondary N) is 2. The number of guanidine groups is 1. The summed E-state index contributed by atoms with van der Waals surface area (Å²) in [5.74, 6) is 2.55. The van der Waals surface area contributed by atoms with E-state index in [1.165, 1.54) is 31.2 Å². The van der Waals surface area contributed by atoms with Gasteiger partial charge in [0.1, 0.15) is 0 Å². The third kappa shape index (κ3) is 7.53. The van der Waals surface area contributed by atoms with Crippen LogP contribution < -0.4 is 10.6 Å². The fraction of sp³-hybridized carbons (Fsp3) is 0.680. The van der Waals surface area contributed by atoms with Crippen molar-refractivity contribution in [3.8, 4) is 0 Å². The number of benzene rings is 1. The van der Waals surface area contributed by atoms with E-state index in [0.717, 1.165) is 50.9 Å². The van der Waals surface area contributed by atoms with Crippen molar-refractivity contribution in [2.45, 2.75) is 57.4 Å². The molecule has 2 fully saturated rings. The molecule has 6 nitrogen and oxygen atoms in total. The van der Waals surface area contributed by atoms with Gasteiger partial charge in [-0.3, -0.25) is 14.7 Å². The third-order valence-electron chi connectivity index (χ3n) is 6.76. The molecule has 6 heteroatoms. The van der Waals surface area contributed by atoms with Gasteiger partial charge in [0.25, 0.3) is 0 Å². The highest BCUT2D eigenvalue weighted by Gasteiger charge is 2.24. The molecule has 0 unspecified atom stereocenters. The first kappa shape index (κ1) is 23.6. The zero-order valence-corrected chi connectivity index (χ0v) is 19.6. The smallest absolute Gasteiger partial charge is 0.236 e. The van der Waals surface area contributed by atoms with Gasteiger partial charge in [0.15, 0.2) is 5.96 Å². The van der Waals surface area contributed by atoms with E-state index in [1.54, 1.807) is 4.90 Å². The Bertz CT molecular complexity index is 689. The lowest BCUT2D eigenvalue weighted by Gasteiger charge is -2.33. The van der Waals surface area contributed by atoms with E-state index in [2.05, 4.69) is 52.8 Å². The van der Waals surface area contributed by atoms with E-state index < -0.39 is 0 Å². The fourth-order valence-corrected chi connectivity index (χ4v) is 4.71. The van der Waals surface area contributed by atoms with Gasteiger partial charge in [-0.1, -0.05) is 30.3 Å². The predicted molar refractivity (Wildman–Crippen MR) is 128 cm³/mol. The van der Waals surface area contributed by atoms with Gasteiger partial charge in [-0.25, -0.2) is 0 Å². The van der Waals surface area contributed by atoms with Crippen LogP contribution in [0.25, 0.3) is 0 Å². The number of likely N-dealkylation sites (tertiary alicyclic amines) is 1. The number of piperidine rings is 1. The van der Waals surface area contributed by atoms with Crippen molar-refractivity contribution in [1.29, 1.82) is 0 Å². The van der Waals surface area contributed by atoms with Gasteiger partial charge in [0.2, 0.25) is 5.91 Å². The molecule has 1 saturated carbocycles. The molecule has 172 valence electrons. The molecule has 0 atom stereocenters. The number of aliphatic imine (C=N–C) groups is 1. The molecule has 1 aromatic carbocycles. The summed E-state index contributed by atoms with van der Waals surface area (Å²) in [5.41, 5.74) is 1.50. The van der Waals surface area contributed by atoms with Crippen LogP contribution in [0.4, 0.5) is 0 Å². The van der Waals surface area contributed by atoms with Gasteiger partial charge in [-0.15, -0.1) is 0 Å². The summed E-state index contributed by atoms with van der Waals surface area (Å²) in [4.78, 5) is 20.8. The first-order valence-corrected chi connectivity index (χ1v) is 12.1. The SMILES string of the molecule is CCNC(=NCC1CCC(c2ccccc2)CC1)NC1CCN(CC(=O)N(C)C)CC1. The second kappa shape index (κ2) is 12.1. The Morgan fingerprint density at radius 2 is 1.74 bits per heavy atom. The zero-order valence-electron chi connectivity index (χ0n) is 19.6. The van der Waals surface area contributed by atoms with Crippen LogP contribution in [-0.4, -0.2) is 74.5 Å². The number of carbonyl (C=O) groups is 1. The van der Waals surface area contributed by atoms with Gasteiger partial charge >= 0.3 is 0 Å². The molecule has 1 saturated heterocycles. The van der Waals surface area contributed by atoms with Crippen molar-refractivity contribution in [3.63, 3.8) is 0 Å². The lowest BCUT2D eigenvalue weighted by Crippen LogP contribution is -2.50. The largest absolute Gasteiger partial charge is 0.357 e. The second-order valence-corrected chi connectivity index (χ2v) is 9.33. The van der Waals surface area contributed by atoms with Crippen LogP contribution in [0.5, 0.6) is 0 Å². The summed E-state index contributed by atoms with van der Waals surface area (Å²) in [6.07, 6.45) is 7.18. The van der Waals surface area contributed by atoms with Crippen molar-refractivity contribution in [2.75, 3.05) is 46.8 Å². The highest BCUT2D eigenvalue weighted by atomic mass is 16.2. The lowest BCUT2D eigenvalue weighted by atomic mass is 9.79. The maximum Gasteiger partial charge on any atom is 0.236 e. The van der Waals surface area contributed by atoms with Crippen LogP contribution in [0.1, 0.15) is 56.9 Å². The van der Waals surface area contributed by atoms with Gasteiger partial charge in [0, 0.05) is 46.3 Å². The van der Waals surface area contributed by atoms with Crippen molar-refractivity contribution in [3.05, 3.63) is 35.9 Å². The topological polar surface area (TPSA) is 60.0 Å². The molecule has 0 radical (unpaired) electrons. The normalized spacial score (nSPS) is 23.4. The van der Waals surface area contributed by atoms with E-state index in [9.17, 15) is 4.79 Å². The molecule has 1 amide bonds. The molecule has 1 heterocycles. The molecular weight excluding hydrogens is 386 g/mol. The summed E-state index contributed by atoms with van der Waals surface area (Å²) in [6.45, 7) is 6.35. The van der Waals surface area contributed by atoms with Crippen molar-refractivity contribution < 1.29 is 4.79 Å². The first-order chi connectivity index (χ1) is 15.0. The number of likely N-dealkylation sites (N-methyl/N-ethyl adjacent to an activating group) is 1. The summed E-state index contributed by atoms with van der Waals surface area (Å²) in [6, 6.07) is 11.4. The predicted octanol–water partition coefficient (Wildman–Crippen LogP) is 3.07. The molecule has 0 bridgehead atoms. The summed E-state index contributed by atoms with van der Waals surface area (Å²) in [7, 11) is 3.65. The molecule has 2 aliphatic rings. The Kier molecular flexibility index (Phi) is 9.19. The number of amides is 1. The maximum absolute atomic E-state index is 11.9. The molecule has 0 spiro atoms. The summed E-state index contributed by atoms with van der Waals surface area (Å²) >= 11 is 0. The standard InChI is InChI=1S/C25H41N5O/c1-4-26-25(28-23-14-16-30(17-15-23)19-24(31)29(2)3)27-18-20-10-12-22(13-11-20)21-8-6-5-7-9-21/h5-9,20,22-23H,4,10-19H2,1-3H3,(H2,26,27,28). The minimum Gasteiger partial charge on any atom is -0.357 e. The number of hydrogen-bond donors (Lipinski definition) is 2. The Morgan fingerprint density at radius 3 is 2.35 bits per heavy atom. The highest BCUT2D eigenvalue weighted by molar-refractivity contribution is 5.80. The average Bonchev–Trinajstić information content (AvgIpc) is 2.80. The Morgan fingerprint density at radius 1 is 1.06 bits per heavy atom. The second-order valence-electron chi connectivity index (χ2n) is 9.33. The molecule has 1 aliphatic heterocycles. The van der Waals surface area contributed by atoms with Gasteiger partial charge in [-0.2, -0.15) is 0 Å². The van der Waals surface area contributed by atoms with E-state index in [-0.39, 0.29) is 5.91 Å². The number of nitrogens with zero attached hydrogens (tertiary/aromatic N) is 3. The van der Waals surface area contributed by atoms with Crippen molar-refractivity contribution >= 4 is 11.9 Å². The minimum absolute atomic E-state index is 0.184. The molecule has 1 aliphatic carbocycles.